The van der Waals surface area contributed by atoms with E-state index in [1.54, 1.807) is 18.7 Å². The highest BCUT2D eigenvalue weighted by atomic mass is 19.1. The van der Waals surface area contributed by atoms with Crippen LogP contribution in [0.5, 0.6) is 0 Å². The lowest BCUT2D eigenvalue weighted by atomic mass is 10.1. The van der Waals surface area contributed by atoms with Crippen molar-refractivity contribution in [1.29, 1.82) is 0 Å². The number of aromatic nitrogens is 2. The van der Waals surface area contributed by atoms with Crippen LogP contribution in [0.4, 0.5) is 16.2 Å². The van der Waals surface area contributed by atoms with Gasteiger partial charge in [-0.2, -0.15) is 4.98 Å². The number of nitrogens with zero attached hydrogens (tertiary/aromatic N) is 3. The highest BCUT2D eigenvalue weighted by Crippen LogP contribution is 2.18. The van der Waals surface area contributed by atoms with Crippen molar-refractivity contribution >= 4 is 11.8 Å². The fourth-order valence-corrected chi connectivity index (χ4v) is 1.40. The molecule has 0 fully saturated rings. The van der Waals surface area contributed by atoms with Crippen LogP contribution in [0, 0.1) is 5.82 Å². The van der Waals surface area contributed by atoms with Gasteiger partial charge >= 0.3 is 0 Å². The Hall–Kier alpha value is -1.43. The van der Waals surface area contributed by atoms with Crippen molar-refractivity contribution in [1.82, 2.24) is 9.97 Å². The number of hydrogen-bond acceptors (Lipinski definition) is 5. The third kappa shape index (κ3) is 3.30. The van der Waals surface area contributed by atoms with Gasteiger partial charge in [-0.3, -0.25) is 0 Å². The van der Waals surface area contributed by atoms with E-state index in [2.05, 4.69) is 9.97 Å². The Morgan fingerprint density at radius 3 is 2.69 bits per heavy atom. The van der Waals surface area contributed by atoms with Crippen LogP contribution in [0.15, 0.2) is 6.20 Å². The van der Waals surface area contributed by atoms with Crippen molar-refractivity contribution in [2.24, 2.45) is 0 Å². The lowest BCUT2D eigenvalue weighted by molar-refractivity contribution is 0.0872. The summed E-state index contributed by atoms with van der Waals surface area (Å²) in [4.78, 5) is 9.01. The Morgan fingerprint density at radius 1 is 1.56 bits per heavy atom. The molecule has 0 saturated heterocycles. The van der Waals surface area contributed by atoms with E-state index < -0.39 is 11.4 Å². The molecule has 0 saturated carbocycles. The van der Waals surface area contributed by atoms with Gasteiger partial charge in [0.05, 0.1) is 11.8 Å². The van der Waals surface area contributed by atoms with Gasteiger partial charge in [0, 0.05) is 13.1 Å². The van der Waals surface area contributed by atoms with Crippen molar-refractivity contribution in [3.05, 3.63) is 12.0 Å². The molecule has 0 atom stereocenters. The highest BCUT2D eigenvalue weighted by Gasteiger charge is 2.21. The summed E-state index contributed by atoms with van der Waals surface area (Å²) >= 11 is 0. The number of halogens is 1. The summed E-state index contributed by atoms with van der Waals surface area (Å²) in [7, 11) is 0. The van der Waals surface area contributed by atoms with Gasteiger partial charge in [-0.1, -0.05) is 0 Å². The molecule has 0 spiro atoms. The number of nitrogen functional groups attached to an aromatic ring is 1. The molecule has 1 rings (SSSR count). The average Bonchev–Trinajstić information content (AvgIpc) is 2.17. The molecule has 90 valence electrons. The molecule has 0 bridgehead atoms. The maximum absolute atomic E-state index is 13.5. The van der Waals surface area contributed by atoms with Crippen LogP contribution < -0.4 is 10.6 Å². The Morgan fingerprint density at radius 2 is 2.19 bits per heavy atom. The van der Waals surface area contributed by atoms with Gasteiger partial charge in [0.1, 0.15) is 0 Å². The van der Waals surface area contributed by atoms with Crippen LogP contribution in [0.2, 0.25) is 0 Å². The van der Waals surface area contributed by atoms with Crippen LogP contribution >= 0.6 is 0 Å². The first-order chi connectivity index (χ1) is 7.33. The smallest absolute Gasteiger partial charge is 0.222 e. The van der Waals surface area contributed by atoms with Crippen molar-refractivity contribution in [2.75, 3.05) is 23.7 Å². The first-order valence-corrected chi connectivity index (χ1v) is 5.09. The number of nitrogens with two attached hydrogens (primary N) is 1. The van der Waals surface area contributed by atoms with Crippen LogP contribution in [0.25, 0.3) is 0 Å². The fraction of sp³-hybridized carbons (Fsp3) is 0.600. The van der Waals surface area contributed by atoms with Gasteiger partial charge < -0.3 is 15.7 Å². The molecule has 0 radical (unpaired) electrons. The zero-order chi connectivity index (χ0) is 12.3. The van der Waals surface area contributed by atoms with Crippen LogP contribution in [0.3, 0.4) is 0 Å². The molecule has 1 heterocycles. The van der Waals surface area contributed by atoms with E-state index in [1.165, 1.54) is 0 Å². The monoisotopic (exact) mass is 228 g/mol. The molecule has 6 heteroatoms. The summed E-state index contributed by atoms with van der Waals surface area (Å²) in [6.07, 6.45) is 1.03. The molecule has 1 aromatic heterocycles. The van der Waals surface area contributed by atoms with E-state index in [4.69, 9.17) is 5.73 Å². The molecular formula is C10H17FN4O. The van der Waals surface area contributed by atoms with Crippen molar-refractivity contribution in [3.63, 3.8) is 0 Å². The van der Waals surface area contributed by atoms with E-state index in [0.717, 1.165) is 6.20 Å². The predicted octanol–water partition coefficient (Wildman–Crippen LogP) is 0.795. The second-order valence-electron chi connectivity index (χ2n) is 4.23. The normalized spacial score (nSPS) is 11.6. The molecular weight excluding hydrogens is 211 g/mol. The minimum Gasteiger partial charge on any atom is -0.389 e. The van der Waals surface area contributed by atoms with E-state index in [0.29, 0.717) is 6.54 Å². The summed E-state index contributed by atoms with van der Waals surface area (Å²) in [6.45, 7) is 5.95. The zero-order valence-corrected chi connectivity index (χ0v) is 9.74. The molecule has 0 aliphatic rings. The Balaban J connectivity index is 2.99. The first kappa shape index (κ1) is 12.6. The standard InChI is InChI=1S/C10H17FN4O/c1-4-15(6-10(2,3)16)8-7(11)5-13-9(12)14-8/h5,16H,4,6H2,1-3H3,(H2,12,13,14). The largest absolute Gasteiger partial charge is 0.389 e. The SMILES string of the molecule is CCN(CC(C)(C)O)c1nc(N)ncc1F. The number of likely N-dealkylation sites (N-methyl/N-ethyl adjacent to an activating group) is 1. The zero-order valence-electron chi connectivity index (χ0n) is 9.74. The molecule has 1 aromatic rings. The quantitative estimate of drug-likeness (QED) is 0.797. The maximum atomic E-state index is 13.5. The third-order valence-electron chi connectivity index (χ3n) is 2.00. The van der Waals surface area contributed by atoms with Crippen LogP contribution in [-0.2, 0) is 0 Å². The number of hydrogen-bond donors (Lipinski definition) is 2. The predicted molar refractivity (Wildman–Crippen MR) is 60.6 cm³/mol. The molecule has 0 amide bonds. The second kappa shape index (κ2) is 4.61. The van der Waals surface area contributed by atoms with Crippen LogP contribution in [0.1, 0.15) is 20.8 Å². The highest BCUT2D eigenvalue weighted by molar-refractivity contribution is 5.42. The van der Waals surface area contributed by atoms with Crippen molar-refractivity contribution in [2.45, 2.75) is 26.4 Å². The molecule has 0 aromatic carbocycles. The molecule has 16 heavy (non-hydrogen) atoms. The molecule has 3 N–H and O–H groups in total. The summed E-state index contributed by atoms with van der Waals surface area (Å²) in [5, 5.41) is 9.70. The number of aliphatic hydroxyl groups is 1. The summed E-state index contributed by atoms with van der Waals surface area (Å²) in [5.41, 5.74) is 4.48. The summed E-state index contributed by atoms with van der Waals surface area (Å²) in [5.74, 6) is -0.400. The van der Waals surface area contributed by atoms with E-state index in [9.17, 15) is 9.50 Å². The fourth-order valence-electron chi connectivity index (χ4n) is 1.40. The Labute approximate surface area is 94.1 Å². The Kier molecular flexibility index (Phi) is 3.64. The average molecular weight is 228 g/mol. The van der Waals surface area contributed by atoms with Crippen LogP contribution in [-0.4, -0.2) is 33.8 Å². The molecule has 0 aliphatic carbocycles. The van der Waals surface area contributed by atoms with E-state index in [1.807, 2.05) is 6.92 Å². The van der Waals surface area contributed by atoms with Gasteiger partial charge in [0.15, 0.2) is 11.6 Å². The molecule has 0 aliphatic heterocycles. The minimum atomic E-state index is -0.928. The van der Waals surface area contributed by atoms with Gasteiger partial charge in [0.25, 0.3) is 0 Å². The molecule has 5 nitrogen and oxygen atoms in total. The van der Waals surface area contributed by atoms with E-state index >= 15 is 0 Å². The second-order valence-corrected chi connectivity index (χ2v) is 4.23. The van der Waals surface area contributed by atoms with Gasteiger partial charge in [-0.25, -0.2) is 9.37 Å². The van der Waals surface area contributed by atoms with E-state index in [-0.39, 0.29) is 18.3 Å². The third-order valence-corrected chi connectivity index (χ3v) is 2.00. The summed E-state index contributed by atoms with van der Waals surface area (Å²) in [6, 6.07) is 0. The lowest BCUT2D eigenvalue weighted by Crippen LogP contribution is -2.39. The van der Waals surface area contributed by atoms with Gasteiger partial charge in [0.2, 0.25) is 5.95 Å². The lowest BCUT2D eigenvalue weighted by Gasteiger charge is -2.29. The van der Waals surface area contributed by atoms with Crippen molar-refractivity contribution < 1.29 is 9.50 Å². The van der Waals surface area contributed by atoms with Gasteiger partial charge in [-0.15, -0.1) is 0 Å². The maximum Gasteiger partial charge on any atom is 0.222 e. The molecule has 0 unspecified atom stereocenters. The first-order valence-electron chi connectivity index (χ1n) is 5.09. The van der Waals surface area contributed by atoms with Gasteiger partial charge in [-0.05, 0) is 20.8 Å². The Bertz CT molecular complexity index is 364. The number of rotatable bonds is 4. The summed E-state index contributed by atoms with van der Waals surface area (Å²) < 4.78 is 13.5. The van der Waals surface area contributed by atoms with Crippen molar-refractivity contribution in [3.8, 4) is 0 Å². The topological polar surface area (TPSA) is 75.3 Å². The minimum absolute atomic E-state index is 0.0191. The number of anilines is 2.